The number of phenolic OH excluding ortho intramolecular Hbond substituents is 1. The summed E-state index contributed by atoms with van der Waals surface area (Å²) >= 11 is 0. The minimum Gasteiger partial charge on any atom is -0.507 e. The van der Waals surface area contributed by atoms with E-state index in [2.05, 4.69) is 5.32 Å². The van der Waals surface area contributed by atoms with Gasteiger partial charge in [0.15, 0.2) is 0 Å². The number of hydrogen-bond donors (Lipinski definition) is 2. The van der Waals surface area contributed by atoms with Crippen LogP contribution in [-0.4, -0.2) is 30.1 Å². The maximum Gasteiger partial charge on any atom is 0.307 e. The molecule has 0 spiro atoms. The van der Waals surface area contributed by atoms with Crippen molar-refractivity contribution >= 4 is 22.6 Å². The smallest absolute Gasteiger partial charge is 0.307 e. The lowest BCUT2D eigenvalue weighted by atomic mass is 10.1. The molecule has 0 saturated heterocycles. The van der Waals surface area contributed by atoms with Gasteiger partial charge in [0, 0.05) is 6.54 Å². The predicted octanol–water partition coefficient (Wildman–Crippen LogP) is 2.23. The fourth-order valence-corrected chi connectivity index (χ4v) is 2.02. The number of esters is 1. The molecular weight excluding hydrogens is 270 g/mol. The zero-order valence-corrected chi connectivity index (χ0v) is 11.8. The molecule has 110 valence electrons. The van der Waals surface area contributed by atoms with Crippen LogP contribution in [0.25, 0.3) is 10.8 Å². The highest BCUT2D eigenvalue weighted by Gasteiger charge is 2.12. The van der Waals surface area contributed by atoms with E-state index >= 15 is 0 Å². The van der Waals surface area contributed by atoms with Crippen LogP contribution in [-0.2, 0) is 9.53 Å². The van der Waals surface area contributed by atoms with Gasteiger partial charge < -0.3 is 15.2 Å². The Labute approximate surface area is 122 Å². The van der Waals surface area contributed by atoms with Crippen molar-refractivity contribution in [1.29, 1.82) is 0 Å². The summed E-state index contributed by atoms with van der Waals surface area (Å²) < 4.78 is 4.77. The molecule has 0 bridgehead atoms. The van der Waals surface area contributed by atoms with Crippen LogP contribution in [0.4, 0.5) is 0 Å². The van der Waals surface area contributed by atoms with E-state index in [1.54, 1.807) is 19.1 Å². The van der Waals surface area contributed by atoms with Crippen molar-refractivity contribution in [3.05, 3.63) is 42.0 Å². The van der Waals surface area contributed by atoms with Crippen LogP contribution in [0.5, 0.6) is 5.75 Å². The van der Waals surface area contributed by atoms with E-state index < -0.39 is 5.91 Å². The molecule has 0 aliphatic carbocycles. The van der Waals surface area contributed by atoms with E-state index in [-0.39, 0.29) is 30.2 Å². The quantitative estimate of drug-likeness (QED) is 0.827. The topological polar surface area (TPSA) is 75.6 Å². The standard InChI is InChI=1S/C16H17NO4/c1-2-21-15(19)7-8-17-16(20)13-9-11-5-3-4-6-12(11)10-14(13)18/h3-6,9-10,18H,2,7-8H2,1H3,(H,17,20). The van der Waals surface area contributed by atoms with Gasteiger partial charge in [-0.1, -0.05) is 24.3 Å². The van der Waals surface area contributed by atoms with Gasteiger partial charge in [-0.05, 0) is 29.8 Å². The van der Waals surface area contributed by atoms with Crippen LogP contribution >= 0.6 is 0 Å². The molecule has 1 amide bonds. The lowest BCUT2D eigenvalue weighted by molar-refractivity contribution is -0.142. The Bertz CT molecular complexity index is 666. The van der Waals surface area contributed by atoms with E-state index in [0.717, 1.165) is 10.8 Å². The molecule has 21 heavy (non-hydrogen) atoms. The lowest BCUT2D eigenvalue weighted by Crippen LogP contribution is -2.26. The van der Waals surface area contributed by atoms with Crippen LogP contribution in [0, 0.1) is 0 Å². The van der Waals surface area contributed by atoms with Gasteiger partial charge in [0.25, 0.3) is 5.91 Å². The molecule has 0 aliphatic heterocycles. The summed E-state index contributed by atoms with van der Waals surface area (Å²) in [6, 6.07) is 10.6. The lowest BCUT2D eigenvalue weighted by Gasteiger charge is -2.08. The minimum atomic E-state index is -0.414. The third kappa shape index (κ3) is 3.72. The number of phenols is 1. The third-order valence-electron chi connectivity index (χ3n) is 3.03. The van der Waals surface area contributed by atoms with Gasteiger partial charge in [0.2, 0.25) is 0 Å². The van der Waals surface area contributed by atoms with E-state index in [1.165, 1.54) is 0 Å². The number of fused-ring (bicyclic) bond motifs is 1. The zero-order chi connectivity index (χ0) is 15.2. The van der Waals surface area contributed by atoms with Crippen molar-refractivity contribution in [2.45, 2.75) is 13.3 Å². The number of hydrogen-bond acceptors (Lipinski definition) is 4. The Balaban J connectivity index is 2.05. The second-order valence-electron chi connectivity index (χ2n) is 4.53. The van der Waals surface area contributed by atoms with Gasteiger partial charge in [0.1, 0.15) is 5.75 Å². The van der Waals surface area contributed by atoms with Gasteiger partial charge in [-0.15, -0.1) is 0 Å². The molecule has 5 nitrogen and oxygen atoms in total. The summed E-state index contributed by atoms with van der Waals surface area (Å²) in [6.07, 6.45) is 0.105. The average molecular weight is 287 g/mol. The van der Waals surface area contributed by atoms with Crippen molar-refractivity contribution in [3.8, 4) is 5.75 Å². The second-order valence-corrected chi connectivity index (χ2v) is 4.53. The highest BCUT2D eigenvalue weighted by Crippen LogP contribution is 2.24. The summed E-state index contributed by atoms with van der Waals surface area (Å²) in [5, 5.41) is 14.2. The number of amides is 1. The Morgan fingerprint density at radius 3 is 2.52 bits per heavy atom. The van der Waals surface area contributed by atoms with Gasteiger partial charge in [-0.2, -0.15) is 0 Å². The molecule has 2 aromatic carbocycles. The normalized spacial score (nSPS) is 10.3. The fraction of sp³-hybridized carbons (Fsp3) is 0.250. The van der Waals surface area contributed by atoms with Crippen molar-refractivity contribution in [1.82, 2.24) is 5.32 Å². The summed E-state index contributed by atoms with van der Waals surface area (Å²) in [5.41, 5.74) is 0.192. The van der Waals surface area contributed by atoms with Crippen LogP contribution in [0.15, 0.2) is 36.4 Å². The zero-order valence-electron chi connectivity index (χ0n) is 11.8. The SMILES string of the molecule is CCOC(=O)CCNC(=O)c1cc2ccccc2cc1O. The fourth-order valence-electron chi connectivity index (χ4n) is 2.02. The first-order valence-corrected chi connectivity index (χ1v) is 6.77. The monoisotopic (exact) mass is 287 g/mol. The van der Waals surface area contributed by atoms with E-state index in [1.807, 2.05) is 24.3 Å². The van der Waals surface area contributed by atoms with E-state index in [9.17, 15) is 14.7 Å². The number of aromatic hydroxyl groups is 1. The maximum absolute atomic E-state index is 12.0. The molecule has 0 radical (unpaired) electrons. The molecule has 0 saturated carbocycles. The molecule has 0 heterocycles. The molecule has 2 rings (SSSR count). The molecule has 0 atom stereocenters. The van der Waals surface area contributed by atoms with Crippen LogP contribution < -0.4 is 5.32 Å². The summed E-state index contributed by atoms with van der Waals surface area (Å²) in [4.78, 5) is 23.2. The van der Waals surface area contributed by atoms with Crippen molar-refractivity contribution in [2.24, 2.45) is 0 Å². The molecule has 0 aromatic heterocycles. The first-order chi connectivity index (χ1) is 10.1. The molecule has 5 heteroatoms. The van der Waals surface area contributed by atoms with Crippen molar-refractivity contribution in [2.75, 3.05) is 13.2 Å². The number of nitrogens with one attached hydrogen (secondary N) is 1. The Morgan fingerprint density at radius 1 is 1.19 bits per heavy atom. The second kappa shape index (κ2) is 6.74. The third-order valence-corrected chi connectivity index (χ3v) is 3.03. The van der Waals surface area contributed by atoms with Crippen molar-refractivity contribution < 1.29 is 19.4 Å². The average Bonchev–Trinajstić information content (AvgIpc) is 2.46. The molecule has 2 aromatic rings. The molecule has 0 fully saturated rings. The van der Waals surface area contributed by atoms with Crippen LogP contribution in [0.2, 0.25) is 0 Å². The van der Waals surface area contributed by atoms with Gasteiger partial charge in [-0.25, -0.2) is 0 Å². The number of ether oxygens (including phenoxy) is 1. The minimum absolute atomic E-state index is 0.0812. The highest BCUT2D eigenvalue weighted by atomic mass is 16.5. The first kappa shape index (κ1) is 14.8. The largest absolute Gasteiger partial charge is 0.507 e. The van der Waals surface area contributed by atoms with Crippen LogP contribution in [0.1, 0.15) is 23.7 Å². The number of carbonyl (C=O) groups excluding carboxylic acids is 2. The van der Waals surface area contributed by atoms with Gasteiger partial charge >= 0.3 is 5.97 Å². The number of benzene rings is 2. The van der Waals surface area contributed by atoms with Crippen LogP contribution in [0.3, 0.4) is 0 Å². The Morgan fingerprint density at radius 2 is 1.86 bits per heavy atom. The summed E-state index contributed by atoms with van der Waals surface area (Å²) in [5.74, 6) is -0.856. The van der Waals surface area contributed by atoms with Gasteiger partial charge in [0.05, 0.1) is 18.6 Å². The predicted molar refractivity (Wildman–Crippen MR) is 79.2 cm³/mol. The Kier molecular flexibility index (Phi) is 4.77. The first-order valence-electron chi connectivity index (χ1n) is 6.77. The number of carbonyl (C=O) groups is 2. The van der Waals surface area contributed by atoms with Gasteiger partial charge in [-0.3, -0.25) is 9.59 Å². The maximum atomic E-state index is 12.0. The van der Waals surface area contributed by atoms with E-state index in [4.69, 9.17) is 4.74 Å². The summed E-state index contributed by atoms with van der Waals surface area (Å²) in [7, 11) is 0. The molecule has 0 aliphatic rings. The highest BCUT2D eigenvalue weighted by molar-refractivity contribution is 6.01. The van der Waals surface area contributed by atoms with E-state index in [0.29, 0.717) is 6.61 Å². The number of rotatable bonds is 5. The molecule has 2 N–H and O–H groups in total. The molecule has 0 unspecified atom stereocenters. The molecular formula is C16H17NO4. The Hall–Kier alpha value is -2.56. The summed E-state index contributed by atoms with van der Waals surface area (Å²) in [6.45, 7) is 2.21. The van der Waals surface area contributed by atoms with Crippen molar-refractivity contribution in [3.63, 3.8) is 0 Å².